The van der Waals surface area contributed by atoms with E-state index >= 15 is 0 Å². The van der Waals surface area contributed by atoms with Crippen molar-refractivity contribution in [2.24, 2.45) is 4.99 Å². The number of hydrogen-bond acceptors (Lipinski definition) is 7. The number of thiazole rings is 1. The number of benzene rings is 2. The van der Waals surface area contributed by atoms with Crippen molar-refractivity contribution in [2.75, 3.05) is 20.3 Å². The zero-order valence-electron chi connectivity index (χ0n) is 19.8. The summed E-state index contributed by atoms with van der Waals surface area (Å²) in [6.07, 6.45) is 1.82. The summed E-state index contributed by atoms with van der Waals surface area (Å²) >= 11 is 4.75. The highest BCUT2D eigenvalue weighted by Gasteiger charge is 2.35. The lowest BCUT2D eigenvalue weighted by Crippen LogP contribution is -2.40. The first kappa shape index (κ1) is 24.9. The van der Waals surface area contributed by atoms with Gasteiger partial charge in [-0.3, -0.25) is 9.36 Å². The number of ether oxygens (including phenoxy) is 3. The number of allylic oxidation sites excluding steroid dienone is 1. The third-order valence-corrected chi connectivity index (χ3v) is 6.95. The number of aromatic nitrogens is 1. The Balaban J connectivity index is 2.02. The lowest BCUT2D eigenvalue weighted by atomic mass is 9.94. The average Bonchev–Trinajstić information content (AvgIpc) is 3.13. The van der Waals surface area contributed by atoms with Crippen molar-refractivity contribution in [1.82, 2.24) is 4.57 Å². The van der Waals surface area contributed by atoms with Crippen molar-refractivity contribution in [2.45, 2.75) is 26.8 Å². The second-order valence-corrected chi connectivity index (χ2v) is 9.59. The maximum atomic E-state index is 13.8. The quantitative estimate of drug-likeness (QED) is 0.411. The van der Waals surface area contributed by atoms with E-state index in [4.69, 9.17) is 14.2 Å². The highest BCUT2D eigenvalue weighted by atomic mass is 79.9. The molecule has 2 heterocycles. The highest BCUT2D eigenvalue weighted by Crippen LogP contribution is 2.40. The summed E-state index contributed by atoms with van der Waals surface area (Å²) in [5.74, 6) is 0.462. The number of nitrogens with zero attached hydrogens (tertiary/aromatic N) is 2. The van der Waals surface area contributed by atoms with Gasteiger partial charge in [0.25, 0.3) is 5.56 Å². The fraction of sp³-hybridized carbons (Fsp3) is 0.269. The third-order valence-electron chi connectivity index (χ3n) is 5.48. The number of rotatable bonds is 7. The molecule has 2 aromatic carbocycles. The molecule has 0 saturated heterocycles. The number of hydrogen-bond donors (Lipinski definition) is 0. The molecule has 0 bridgehead atoms. The Labute approximate surface area is 215 Å². The first-order valence-corrected chi connectivity index (χ1v) is 12.7. The fourth-order valence-electron chi connectivity index (χ4n) is 4.04. The van der Waals surface area contributed by atoms with E-state index in [1.165, 1.54) is 11.3 Å². The smallest absolute Gasteiger partial charge is 0.338 e. The van der Waals surface area contributed by atoms with Gasteiger partial charge in [-0.1, -0.05) is 51.5 Å². The molecule has 0 amide bonds. The fourth-order valence-corrected chi connectivity index (χ4v) is 5.50. The zero-order chi connectivity index (χ0) is 25.1. The van der Waals surface area contributed by atoms with Crippen LogP contribution in [0.3, 0.4) is 0 Å². The van der Waals surface area contributed by atoms with E-state index in [2.05, 4.69) is 20.9 Å². The number of esters is 1. The summed E-state index contributed by atoms with van der Waals surface area (Å²) in [7, 11) is 1.55. The van der Waals surface area contributed by atoms with Crippen molar-refractivity contribution in [3.63, 3.8) is 0 Å². The second-order valence-electron chi connectivity index (χ2n) is 7.67. The summed E-state index contributed by atoms with van der Waals surface area (Å²) in [5, 5.41) is 0. The maximum absolute atomic E-state index is 13.8. The normalized spacial score (nSPS) is 15.5. The molecule has 182 valence electrons. The Hall–Kier alpha value is -3.17. The van der Waals surface area contributed by atoms with Crippen LogP contribution in [0.2, 0.25) is 0 Å². The molecule has 0 spiro atoms. The molecule has 0 N–H and O–H groups in total. The van der Waals surface area contributed by atoms with E-state index in [0.29, 0.717) is 44.3 Å². The minimum atomic E-state index is -0.786. The Bertz CT molecular complexity index is 1490. The molecular formula is C26H25BrN2O5S. The molecule has 7 nitrogen and oxygen atoms in total. The monoisotopic (exact) mass is 556 g/mol. The SMILES string of the molecule is CCOC(=O)C1=C(C)N=c2s/c(=C/c3cccc(Br)c3)c(=O)n2[C@@H]1c1cccc(OC)c1OCC. The summed E-state index contributed by atoms with van der Waals surface area (Å²) in [6, 6.07) is 12.3. The van der Waals surface area contributed by atoms with Gasteiger partial charge in [0, 0.05) is 10.0 Å². The van der Waals surface area contributed by atoms with E-state index in [-0.39, 0.29) is 12.2 Å². The number of halogens is 1. The van der Waals surface area contributed by atoms with Crippen molar-refractivity contribution >= 4 is 39.3 Å². The molecule has 1 aromatic heterocycles. The number of carbonyl (C=O) groups excluding carboxylic acids is 1. The van der Waals surface area contributed by atoms with E-state index in [9.17, 15) is 9.59 Å². The number of carbonyl (C=O) groups is 1. The molecule has 0 radical (unpaired) electrons. The molecular weight excluding hydrogens is 532 g/mol. The molecule has 4 rings (SSSR count). The van der Waals surface area contributed by atoms with Crippen LogP contribution in [-0.2, 0) is 9.53 Å². The first-order chi connectivity index (χ1) is 16.9. The van der Waals surface area contributed by atoms with Crippen LogP contribution in [0.1, 0.15) is 37.9 Å². The Morgan fingerprint density at radius 3 is 2.66 bits per heavy atom. The molecule has 1 aliphatic rings. The molecule has 1 aliphatic heterocycles. The van der Waals surface area contributed by atoms with Crippen LogP contribution in [-0.4, -0.2) is 30.9 Å². The molecule has 3 aromatic rings. The summed E-state index contributed by atoms with van der Waals surface area (Å²) in [6.45, 7) is 5.95. The van der Waals surface area contributed by atoms with Crippen molar-refractivity contribution in [1.29, 1.82) is 0 Å². The van der Waals surface area contributed by atoms with E-state index in [1.807, 2.05) is 49.4 Å². The van der Waals surface area contributed by atoms with Gasteiger partial charge in [-0.05, 0) is 50.6 Å². The second kappa shape index (κ2) is 10.6. The highest BCUT2D eigenvalue weighted by molar-refractivity contribution is 9.10. The zero-order valence-corrected chi connectivity index (χ0v) is 22.2. The topological polar surface area (TPSA) is 79.1 Å². The Kier molecular flexibility index (Phi) is 7.57. The van der Waals surface area contributed by atoms with Crippen molar-refractivity contribution in [3.05, 3.63) is 89.0 Å². The molecule has 1 atom stereocenters. The molecule has 35 heavy (non-hydrogen) atoms. The molecule has 0 saturated carbocycles. The van der Waals surface area contributed by atoms with Gasteiger partial charge in [0.2, 0.25) is 0 Å². The number of para-hydroxylation sites is 1. The van der Waals surface area contributed by atoms with Crippen LogP contribution in [0.5, 0.6) is 11.5 Å². The van der Waals surface area contributed by atoms with Crippen LogP contribution in [0.4, 0.5) is 0 Å². The largest absolute Gasteiger partial charge is 0.493 e. The van der Waals surface area contributed by atoms with Gasteiger partial charge in [0.05, 0.1) is 36.1 Å². The van der Waals surface area contributed by atoms with Gasteiger partial charge >= 0.3 is 5.97 Å². The van der Waals surface area contributed by atoms with Gasteiger partial charge in [0.1, 0.15) is 6.04 Å². The lowest BCUT2D eigenvalue weighted by molar-refractivity contribution is -0.139. The van der Waals surface area contributed by atoms with E-state index < -0.39 is 12.0 Å². The predicted octanol–water partition coefficient (Wildman–Crippen LogP) is 3.97. The van der Waals surface area contributed by atoms with Crippen LogP contribution < -0.4 is 24.4 Å². The van der Waals surface area contributed by atoms with Gasteiger partial charge in [-0.15, -0.1) is 0 Å². The predicted molar refractivity (Wildman–Crippen MR) is 139 cm³/mol. The molecule has 0 aliphatic carbocycles. The van der Waals surface area contributed by atoms with E-state index in [1.54, 1.807) is 31.6 Å². The Morgan fingerprint density at radius 1 is 1.20 bits per heavy atom. The van der Waals surface area contributed by atoms with Gasteiger partial charge in [-0.2, -0.15) is 0 Å². The van der Waals surface area contributed by atoms with E-state index in [0.717, 1.165) is 10.0 Å². The summed E-state index contributed by atoms with van der Waals surface area (Å²) in [5.41, 5.74) is 2.03. The third kappa shape index (κ3) is 4.83. The molecule has 9 heteroatoms. The van der Waals surface area contributed by atoms with Gasteiger partial charge in [0.15, 0.2) is 16.3 Å². The Morgan fingerprint density at radius 2 is 1.97 bits per heavy atom. The summed E-state index contributed by atoms with van der Waals surface area (Å²) in [4.78, 5) is 32.0. The minimum absolute atomic E-state index is 0.200. The van der Waals surface area contributed by atoms with Gasteiger partial charge in [-0.25, -0.2) is 9.79 Å². The van der Waals surface area contributed by atoms with Crippen molar-refractivity contribution in [3.8, 4) is 11.5 Å². The minimum Gasteiger partial charge on any atom is -0.493 e. The number of fused-ring (bicyclic) bond motifs is 1. The van der Waals surface area contributed by atoms with Crippen LogP contribution >= 0.6 is 27.3 Å². The average molecular weight is 557 g/mol. The maximum Gasteiger partial charge on any atom is 0.338 e. The van der Waals surface area contributed by atoms with Gasteiger partial charge < -0.3 is 14.2 Å². The molecule has 0 fully saturated rings. The van der Waals surface area contributed by atoms with Crippen molar-refractivity contribution < 1.29 is 19.0 Å². The lowest BCUT2D eigenvalue weighted by Gasteiger charge is -2.26. The summed E-state index contributed by atoms with van der Waals surface area (Å²) < 4.78 is 19.8. The van der Waals surface area contributed by atoms with Crippen LogP contribution in [0, 0.1) is 0 Å². The van der Waals surface area contributed by atoms with Crippen LogP contribution in [0.15, 0.2) is 68.0 Å². The van der Waals surface area contributed by atoms with Crippen LogP contribution in [0.25, 0.3) is 6.08 Å². The molecule has 0 unspecified atom stereocenters. The standard InChI is InChI=1S/C26H25BrN2O5S/c1-5-33-23-18(11-8-12-19(23)32-4)22-21(25(31)34-6-2)15(3)28-26-29(22)24(30)20(35-26)14-16-9-7-10-17(27)13-16/h7-14,22H,5-6H2,1-4H3/b20-14+/t22-/m1/s1. The first-order valence-electron chi connectivity index (χ1n) is 11.1. The number of methoxy groups -OCH3 is 1.